The van der Waals surface area contributed by atoms with Crippen LogP contribution in [0.5, 0.6) is 0 Å². The van der Waals surface area contributed by atoms with Gasteiger partial charge >= 0.3 is 0 Å². The number of nitrogens with zero attached hydrogens (tertiary/aromatic N) is 1. The quantitative estimate of drug-likeness (QED) is 0.377. The van der Waals surface area contributed by atoms with E-state index in [1.807, 2.05) is 6.92 Å². The molecule has 0 fully saturated rings. The third kappa shape index (κ3) is 4.86. The number of ether oxygens (including phenoxy) is 1. The maximum Gasteiger partial charge on any atom is 0.294 e. The molecule has 0 N–H and O–H groups in total. The summed E-state index contributed by atoms with van der Waals surface area (Å²) in [6, 6.07) is 0. The fraction of sp³-hybridized carbons (Fsp3) is 0.625. The van der Waals surface area contributed by atoms with Crippen LogP contribution in [0.3, 0.4) is 0 Å². The standard InChI is InChI=1S/C8H13NO4S/c1-2-7(14)3-8(12)9(4-10)5-13-6-11/h4,6-7,14H,2-3,5H2,1H3. The Hall–Kier alpha value is -1.04. The maximum atomic E-state index is 11.3. The molecule has 0 saturated carbocycles. The van der Waals surface area contributed by atoms with Crippen LogP contribution in [0.25, 0.3) is 0 Å². The molecule has 0 radical (unpaired) electrons. The van der Waals surface area contributed by atoms with E-state index in [0.29, 0.717) is 6.41 Å². The molecule has 1 atom stereocenters. The van der Waals surface area contributed by atoms with Gasteiger partial charge in [-0.25, -0.2) is 0 Å². The number of hydrogen-bond donors (Lipinski definition) is 1. The van der Waals surface area contributed by atoms with Crippen LogP contribution in [0.4, 0.5) is 0 Å². The molecule has 0 aromatic rings. The monoisotopic (exact) mass is 219 g/mol. The molecule has 0 aliphatic rings. The lowest BCUT2D eigenvalue weighted by molar-refractivity contribution is -0.147. The second-order valence-electron chi connectivity index (χ2n) is 2.63. The van der Waals surface area contributed by atoms with Crippen molar-refractivity contribution in [2.45, 2.75) is 25.0 Å². The largest absolute Gasteiger partial charge is 0.446 e. The first-order chi connectivity index (χ1) is 6.65. The normalized spacial score (nSPS) is 11.6. The van der Waals surface area contributed by atoms with Gasteiger partial charge in [-0.2, -0.15) is 12.6 Å². The minimum Gasteiger partial charge on any atom is -0.446 e. The highest BCUT2D eigenvalue weighted by atomic mass is 32.1. The summed E-state index contributed by atoms with van der Waals surface area (Å²) in [7, 11) is 0. The topological polar surface area (TPSA) is 63.7 Å². The maximum absolute atomic E-state index is 11.3. The van der Waals surface area contributed by atoms with E-state index in [-0.39, 0.29) is 24.9 Å². The molecule has 80 valence electrons. The number of carbonyl (C=O) groups is 3. The van der Waals surface area contributed by atoms with Gasteiger partial charge in [-0.1, -0.05) is 6.92 Å². The molecule has 0 aromatic carbocycles. The fourth-order valence-electron chi connectivity index (χ4n) is 0.735. The fourth-order valence-corrected chi connectivity index (χ4v) is 0.891. The Bertz CT molecular complexity index is 210. The zero-order chi connectivity index (χ0) is 11.0. The van der Waals surface area contributed by atoms with Crippen LogP contribution in [0.2, 0.25) is 0 Å². The average Bonchev–Trinajstić information content (AvgIpc) is 2.18. The van der Waals surface area contributed by atoms with E-state index in [1.54, 1.807) is 0 Å². The van der Waals surface area contributed by atoms with Gasteiger partial charge in [0.25, 0.3) is 6.47 Å². The molecule has 14 heavy (non-hydrogen) atoms. The van der Waals surface area contributed by atoms with Gasteiger partial charge in [0.2, 0.25) is 12.3 Å². The SMILES string of the molecule is CCC(S)CC(=O)N(C=O)COC=O. The van der Waals surface area contributed by atoms with Gasteiger partial charge in [0.1, 0.15) is 0 Å². The van der Waals surface area contributed by atoms with Gasteiger partial charge < -0.3 is 4.74 Å². The van der Waals surface area contributed by atoms with E-state index in [2.05, 4.69) is 17.4 Å². The Morgan fingerprint density at radius 2 is 2.21 bits per heavy atom. The summed E-state index contributed by atoms with van der Waals surface area (Å²) in [5, 5.41) is -0.0822. The molecule has 0 saturated heterocycles. The van der Waals surface area contributed by atoms with Gasteiger partial charge in [0.15, 0.2) is 6.73 Å². The molecule has 2 amide bonds. The summed E-state index contributed by atoms with van der Waals surface area (Å²) in [4.78, 5) is 32.3. The van der Waals surface area contributed by atoms with Gasteiger partial charge in [0.05, 0.1) is 0 Å². The van der Waals surface area contributed by atoms with Gasteiger partial charge in [-0.3, -0.25) is 19.3 Å². The van der Waals surface area contributed by atoms with Crippen molar-refractivity contribution in [3.63, 3.8) is 0 Å². The van der Waals surface area contributed by atoms with Crippen LogP contribution >= 0.6 is 12.6 Å². The van der Waals surface area contributed by atoms with Gasteiger partial charge in [0, 0.05) is 11.7 Å². The third-order valence-corrected chi connectivity index (χ3v) is 2.16. The molecule has 0 aromatic heterocycles. The molecule has 0 aliphatic carbocycles. The molecule has 6 heteroatoms. The summed E-state index contributed by atoms with van der Waals surface area (Å²) in [5.41, 5.74) is 0. The Labute approximate surface area is 87.8 Å². The predicted molar refractivity (Wildman–Crippen MR) is 52.6 cm³/mol. The van der Waals surface area contributed by atoms with Crippen LogP contribution in [0.1, 0.15) is 19.8 Å². The van der Waals surface area contributed by atoms with E-state index >= 15 is 0 Å². The highest BCUT2D eigenvalue weighted by Crippen LogP contribution is 2.07. The first-order valence-corrected chi connectivity index (χ1v) is 4.65. The van der Waals surface area contributed by atoms with E-state index in [1.165, 1.54) is 0 Å². The molecule has 5 nitrogen and oxygen atoms in total. The highest BCUT2D eigenvalue weighted by molar-refractivity contribution is 7.81. The van der Waals surface area contributed by atoms with Crippen molar-refractivity contribution < 1.29 is 19.1 Å². The van der Waals surface area contributed by atoms with Crippen molar-refractivity contribution in [2.24, 2.45) is 0 Å². The summed E-state index contributed by atoms with van der Waals surface area (Å²) >= 11 is 4.12. The van der Waals surface area contributed by atoms with Crippen molar-refractivity contribution in [3.05, 3.63) is 0 Å². The van der Waals surface area contributed by atoms with E-state index < -0.39 is 5.91 Å². The zero-order valence-corrected chi connectivity index (χ0v) is 8.78. The number of thiol groups is 1. The van der Waals surface area contributed by atoms with E-state index in [4.69, 9.17) is 0 Å². The van der Waals surface area contributed by atoms with Crippen molar-refractivity contribution in [1.29, 1.82) is 0 Å². The van der Waals surface area contributed by atoms with Crippen LogP contribution in [-0.2, 0) is 19.1 Å². The zero-order valence-electron chi connectivity index (χ0n) is 7.88. The molecular formula is C8H13NO4S. The lowest BCUT2D eigenvalue weighted by Crippen LogP contribution is -2.33. The Morgan fingerprint density at radius 1 is 1.57 bits per heavy atom. The number of hydrogen-bond acceptors (Lipinski definition) is 5. The third-order valence-electron chi connectivity index (χ3n) is 1.61. The van der Waals surface area contributed by atoms with Crippen molar-refractivity contribution in [2.75, 3.05) is 6.73 Å². The number of rotatable bonds is 7. The average molecular weight is 219 g/mol. The van der Waals surface area contributed by atoms with Crippen LogP contribution < -0.4 is 0 Å². The first-order valence-electron chi connectivity index (χ1n) is 4.13. The van der Waals surface area contributed by atoms with Crippen LogP contribution in [-0.4, -0.2) is 35.7 Å². The molecule has 0 rings (SSSR count). The predicted octanol–water partition coefficient (Wildman–Crippen LogP) is 0.200. The molecule has 0 aliphatic heterocycles. The van der Waals surface area contributed by atoms with Crippen molar-refractivity contribution in [3.8, 4) is 0 Å². The van der Waals surface area contributed by atoms with Gasteiger partial charge in [-0.15, -0.1) is 0 Å². The Kier molecular flexibility index (Phi) is 6.82. The minimum absolute atomic E-state index is 0.0822. The van der Waals surface area contributed by atoms with E-state index in [0.717, 1.165) is 11.3 Å². The smallest absolute Gasteiger partial charge is 0.294 e. The number of imide groups is 1. The second kappa shape index (κ2) is 7.37. The van der Waals surface area contributed by atoms with Gasteiger partial charge in [-0.05, 0) is 6.42 Å². The first kappa shape index (κ1) is 13.0. The summed E-state index contributed by atoms with van der Waals surface area (Å²) in [5.74, 6) is -0.399. The summed E-state index contributed by atoms with van der Waals surface area (Å²) in [6.07, 6.45) is 1.22. The Morgan fingerprint density at radius 3 is 2.64 bits per heavy atom. The lowest BCUT2D eigenvalue weighted by atomic mass is 10.2. The molecule has 1 unspecified atom stereocenters. The molecule has 0 spiro atoms. The van der Waals surface area contributed by atoms with Crippen molar-refractivity contribution in [1.82, 2.24) is 4.90 Å². The minimum atomic E-state index is -0.399. The van der Waals surface area contributed by atoms with Crippen LogP contribution in [0.15, 0.2) is 0 Å². The highest BCUT2D eigenvalue weighted by Gasteiger charge is 2.15. The van der Waals surface area contributed by atoms with E-state index in [9.17, 15) is 14.4 Å². The summed E-state index contributed by atoms with van der Waals surface area (Å²) in [6.45, 7) is 1.73. The summed E-state index contributed by atoms with van der Waals surface area (Å²) < 4.78 is 4.29. The Balaban J connectivity index is 4.03. The second-order valence-corrected chi connectivity index (χ2v) is 3.36. The van der Waals surface area contributed by atoms with Crippen LogP contribution in [0, 0.1) is 0 Å². The molecule has 0 bridgehead atoms. The number of amides is 2. The lowest BCUT2D eigenvalue weighted by Gasteiger charge is -2.15. The van der Waals surface area contributed by atoms with Crippen molar-refractivity contribution >= 4 is 31.4 Å². The molecular weight excluding hydrogens is 206 g/mol. The molecule has 0 heterocycles. The number of carbonyl (C=O) groups excluding carboxylic acids is 3.